The van der Waals surface area contributed by atoms with Crippen molar-refractivity contribution in [3.8, 4) is 22.6 Å². The van der Waals surface area contributed by atoms with Gasteiger partial charge < -0.3 is 14.8 Å². The Morgan fingerprint density at radius 3 is 2.39 bits per heavy atom. The fourth-order valence-electron chi connectivity index (χ4n) is 3.30. The maximum atomic E-state index is 12.1. The second-order valence-corrected chi connectivity index (χ2v) is 7.83. The summed E-state index contributed by atoms with van der Waals surface area (Å²) in [4.78, 5) is 12.1. The number of carbonyl (C=O) groups is 1. The highest BCUT2D eigenvalue weighted by Gasteiger charge is 2.08. The Morgan fingerprint density at radius 1 is 0.774 bits per heavy atom. The molecule has 0 fully saturated rings. The molecule has 0 aliphatic carbocycles. The molecule has 1 N–H and O–H groups in total. The Bertz CT molecular complexity index is 1170. The highest BCUT2D eigenvalue weighted by Crippen LogP contribution is 2.30. The third-order valence-corrected chi connectivity index (χ3v) is 5.45. The SMILES string of the molecule is O=C(COc1ccc(-c2ccccc2)cc1Br)NCCOc1cccc2ccccc12. The Hall–Kier alpha value is -3.31. The summed E-state index contributed by atoms with van der Waals surface area (Å²) in [7, 11) is 0. The molecule has 4 rings (SSSR count). The fraction of sp³-hybridized carbons (Fsp3) is 0.115. The number of carbonyl (C=O) groups excluding carboxylic acids is 1. The second-order valence-electron chi connectivity index (χ2n) is 6.98. The number of hydrogen-bond donors (Lipinski definition) is 1. The monoisotopic (exact) mass is 475 g/mol. The van der Waals surface area contributed by atoms with Crippen molar-refractivity contribution in [2.24, 2.45) is 0 Å². The lowest BCUT2D eigenvalue weighted by atomic mass is 10.1. The van der Waals surface area contributed by atoms with Crippen molar-refractivity contribution >= 4 is 32.6 Å². The van der Waals surface area contributed by atoms with E-state index in [4.69, 9.17) is 9.47 Å². The molecule has 0 saturated carbocycles. The van der Waals surface area contributed by atoms with Gasteiger partial charge in [-0.15, -0.1) is 0 Å². The van der Waals surface area contributed by atoms with Crippen LogP contribution in [-0.2, 0) is 4.79 Å². The van der Waals surface area contributed by atoms with E-state index < -0.39 is 0 Å². The molecule has 0 aliphatic heterocycles. The number of nitrogens with one attached hydrogen (secondary N) is 1. The molecule has 4 aromatic rings. The molecular formula is C26H22BrNO3. The van der Waals surface area contributed by atoms with Crippen LogP contribution in [0.5, 0.6) is 11.5 Å². The zero-order valence-electron chi connectivity index (χ0n) is 16.9. The molecule has 156 valence electrons. The van der Waals surface area contributed by atoms with E-state index in [1.54, 1.807) is 0 Å². The Kier molecular flexibility index (Phi) is 6.85. The van der Waals surface area contributed by atoms with E-state index in [1.165, 1.54) is 0 Å². The largest absolute Gasteiger partial charge is 0.491 e. The van der Waals surface area contributed by atoms with E-state index in [9.17, 15) is 4.79 Å². The first-order valence-electron chi connectivity index (χ1n) is 10.1. The van der Waals surface area contributed by atoms with Gasteiger partial charge >= 0.3 is 0 Å². The first kappa shape index (κ1) is 20.9. The standard InChI is InChI=1S/C26H22BrNO3/c27-23-17-21(19-7-2-1-3-8-19)13-14-25(23)31-18-26(29)28-15-16-30-24-12-6-10-20-9-4-5-11-22(20)24/h1-14,17H,15-16,18H2,(H,28,29). The summed E-state index contributed by atoms with van der Waals surface area (Å²) in [6.07, 6.45) is 0. The van der Waals surface area contributed by atoms with E-state index in [2.05, 4.69) is 33.4 Å². The molecule has 0 spiro atoms. The minimum Gasteiger partial charge on any atom is -0.491 e. The Balaban J connectivity index is 1.24. The van der Waals surface area contributed by atoms with Gasteiger partial charge in [-0.1, -0.05) is 72.8 Å². The molecule has 0 atom stereocenters. The number of ether oxygens (including phenoxy) is 2. The molecule has 0 aliphatic rings. The topological polar surface area (TPSA) is 47.6 Å². The van der Waals surface area contributed by atoms with Gasteiger partial charge in [0.2, 0.25) is 0 Å². The van der Waals surface area contributed by atoms with E-state index in [-0.39, 0.29) is 12.5 Å². The first-order valence-corrected chi connectivity index (χ1v) is 10.8. The lowest BCUT2D eigenvalue weighted by molar-refractivity contribution is -0.123. The normalized spacial score (nSPS) is 10.6. The minimum absolute atomic E-state index is 0.0580. The van der Waals surface area contributed by atoms with Gasteiger partial charge in [-0.3, -0.25) is 4.79 Å². The van der Waals surface area contributed by atoms with Gasteiger partial charge in [0, 0.05) is 5.39 Å². The van der Waals surface area contributed by atoms with E-state index >= 15 is 0 Å². The van der Waals surface area contributed by atoms with Gasteiger partial charge in [-0.05, 0) is 50.6 Å². The average Bonchev–Trinajstić information content (AvgIpc) is 2.81. The maximum Gasteiger partial charge on any atom is 0.258 e. The third-order valence-electron chi connectivity index (χ3n) is 4.83. The highest BCUT2D eigenvalue weighted by atomic mass is 79.9. The Morgan fingerprint density at radius 2 is 1.55 bits per heavy atom. The lowest BCUT2D eigenvalue weighted by Crippen LogP contribution is -2.32. The van der Waals surface area contributed by atoms with E-state index in [0.29, 0.717) is 18.9 Å². The number of benzene rings is 4. The van der Waals surface area contributed by atoms with Gasteiger partial charge in [0.05, 0.1) is 11.0 Å². The van der Waals surface area contributed by atoms with Crippen LogP contribution in [0.2, 0.25) is 0 Å². The van der Waals surface area contributed by atoms with Crippen LogP contribution in [-0.4, -0.2) is 25.7 Å². The third kappa shape index (κ3) is 5.44. The van der Waals surface area contributed by atoms with Gasteiger partial charge in [-0.2, -0.15) is 0 Å². The summed E-state index contributed by atoms with van der Waals surface area (Å²) in [5.41, 5.74) is 2.20. The fourth-order valence-corrected chi connectivity index (χ4v) is 3.79. The molecule has 31 heavy (non-hydrogen) atoms. The van der Waals surface area contributed by atoms with Gasteiger partial charge in [-0.25, -0.2) is 0 Å². The van der Waals surface area contributed by atoms with Crippen LogP contribution in [0, 0.1) is 0 Å². The number of rotatable bonds is 8. The highest BCUT2D eigenvalue weighted by molar-refractivity contribution is 9.10. The van der Waals surface area contributed by atoms with Crippen LogP contribution in [0.3, 0.4) is 0 Å². The van der Waals surface area contributed by atoms with E-state index in [0.717, 1.165) is 32.1 Å². The van der Waals surface area contributed by atoms with E-state index in [1.807, 2.05) is 78.9 Å². The molecule has 4 aromatic carbocycles. The van der Waals surface area contributed by atoms with Crippen LogP contribution < -0.4 is 14.8 Å². The van der Waals surface area contributed by atoms with Crippen LogP contribution in [0.25, 0.3) is 21.9 Å². The van der Waals surface area contributed by atoms with Crippen LogP contribution >= 0.6 is 15.9 Å². The second kappa shape index (κ2) is 10.1. The van der Waals surface area contributed by atoms with Crippen molar-refractivity contribution in [2.45, 2.75) is 0 Å². The molecule has 0 bridgehead atoms. The molecule has 5 heteroatoms. The lowest BCUT2D eigenvalue weighted by Gasteiger charge is -2.12. The molecule has 0 unspecified atom stereocenters. The average molecular weight is 476 g/mol. The van der Waals surface area contributed by atoms with Crippen LogP contribution in [0.1, 0.15) is 0 Å². The zero-order chi connectivity index (χ0) is 21.5. The number of amides is 1. The van der Waals surface area contributed by atoms with Crippen molar-refractivity contribution in [2.75, 3.05) is 19.8 Å². The maximum absolute atomic E-state index is 12.1. The quantitative estimate of drug-likeness (QED) is 0.325. The predicted molar refractivity (Wildman–Crippen MR) is 128 cm³/mol. The first-order chi connectivity index (χ1) is 15.2. The summed E-state index contributed by atoms with van der Waals surface area (Å²) in [6, 6.07) is 29.9. The van der Waals surface area contributed by atoms with Gasteiger partial charge in [0.15, 0.2) is 6.61 Å². The minimum atomic E-state index is -0.194. The molecular weight excluding hydrogens is 454 g/mol. The van der Waals surface area contributed by atoms with Crippen molar-refractivity contribution in [3.63, 3.8) is 0 Å². The predicted octanol–water partition coefficient (Wildman–Crippen LogP) is 5.84. The van der Waals surface area contributed by atoms with Crippen molar-refractivity contribution in [1.29, 1.82) is 0 Å². The van der Waals surface area contributed by atoms with Crippen LogP contribution in [0.4, 0.5) is 0 Å². The summed E-state index contributed by atoms with van der Waals surface area (Å²) in [6.45, 7) is 0.728. The summed E-state index contributed by atoms with van der Waals surface area (Å²) in [5, 5.41) is 5.01. The molecule has 0 radical (unpaired) electrons. The van der Waals surface area contributed by atoms with Gasteiger partial charge in [0.1, 0.15) is 18.1 Å². The zero-order valence-corrected chi connectivity index (χ0v) is 18.5. The number of halogens is 1. The smallest absolute Gasteiger partial charge is 0.258 e. The summed E-state index contributed by atoms with van der Waals surface area (Å²) in [5.74, 6) is 1.24. The van der Waals surface area contributed by atoms with Crippen molar-refractivity contribution in [1.82, 2.24) is 5.32 Å². The molecule has 1 amide bonds. The number of hydrogen-bond acceptors (Lipinski definition) is 3. The van der Waals surface area contributed by atoms with Gasteiger partial charge in [0.25, 0.3) is 5.91 Å². The molecule has 0 saturated heterocycles. The number of fused-ring (bicyclic) bond motifs is 1. The van der Waals surface area contributed by atoms with Crippen molar-refractivity contribution < 1.29 is 14.3 Å². The Labute approximate surface area is 189 Å². The summed E-state index contributed by atoms with van der Waals surface area (Å²) >= 11 is 3.53. The molecule has 0 heterocycles. The van der Waals surface area contributed by atoms with Crippen molar-refractivity contribution in [3.05, 3.63) is 95.5 Å². The summed E-state index contributed by atoms with van der Waals surface area (Å²) < 4.78 is 12.3. The van der Waals surface area contributed by atoms with Crippen LogP contribution in [0.15, 0.2) is 95.5 Å². The molecule has 0 aromatic heterocycles. The molecule has 4 nitrogen and oxygen atoms in total.